The number of carbonyl (C=O) groups is 1. The van der Waals surface area contributed by atoms with Crippen LogP contribution in [0.15, 0.2) is 30.7 Å². The molecule has 0 aliphatic carbocycles. The summed E-state index contributed by atoms with van der Waals surface area (Å²) in [6, 6.07) is 3.66. The number of hydrogen-bond acceptors (Lipinski definition) is 6. The molecule has 3 rings (SSSR count). The van der Waals surface area contributed by atoms with Crippen LogP contribution in [-0.4, -0.2) is 56.0 Å². The summed E-state index contributed by atoms with van der Waals surface area (Å²) in [6.07, 6.45) is 5.99. The number of aryl methyl sites for hydroxylation is 2. The average molecular weight is 330 g/mol. The average Bonchev–Trinajstić information content (AvgIpc) is 3.18. The highest BCUT2D eigenvalue weighted by molar-refractivity contribution is 5.75. The van der Waals surface area contributed by atoms with Crippen LogP contribution in [0.1, 0.15) is 18.5 Å². The van der Waals surface area contributed by atoms with Gasteiger partial charge in [0.2, 0.25) is 11.9 Å². The number of rotatable bonds is 6. The van der Waals surface area contributed by atoms with Crippen molar-refractivity contribution in [2.75, 3.05) is 24.5 Å². The molecule has 1 amide bonds. The maximum Gasteiger partial charge on any atom is 0.225 e. The Morgan fingerprint density at radius 1 is 1.38 bits per heavy atom. The zero-order chi connectivity index (χ0) is 17.0. The first kappa shape index (κ1) is 16.4. The second-order valence-electron chi connectivity index (χ2n) is 6.17. The number of anilines is 1. The predicted molar refractivity (Wildman–Crippen MR) is 88.4 cm³/mol. The van der Waals surface area contributed by atoms with E-state index in [-0.39, 0.29) is 12.5 Å². The molecule has 1 unspecified atom stereocenters. The first-order chi connectivity index (χ1) is 11.6. The molecule has 3 heterocycles. The number of aromatic nitrogens is 4. The molecular formula is C16H22N6O2. The van der Waals surface area contributed by atoms with E-state index in [4.69, 9.17) is 0 Å². The Morgan fingerprint density at radius 3 is 2.88 bits per heavy atom. The van der Waals surface area contributed by atoms with Gasteiger partial charge in [0, 0.05) is 50.3 Å². The van der Waals surface area contributed by atoms with Crippen molar-refractivity contribution in [1.29, 1.82) is 0 Å². The highest BCUT2D eigenvalue weighted by atomic mass is 16.3. The third-order valence-corrected chi connectivity index (χ3v) is 4.26. The summed E-state index contributed by atoms with van der Waals surface area (Å²) >= 11 is 0. The van der Waals surface area contributed by atoms with Crippen molar-refractivity contribution in [3.05, 3.63) is 36.4 Å². The van der Waals surface area contributed by atoms with E-state index in [1.54, 1.807) is 29.3 Å². The van der Waals surface area contributed by atoms with Crippen LogP contribution in [0.4, 0.5) is 5.95 Å². The molecular weight excluding hydrogens is 308 g/mol. The molecule has 128 valence electrons. The normalized spacial score (nSPS) is 20.3. The van der Waals surface area contributed by atoms with Crippen LogP contribution in [0.3, 0.4) is 0 Å². The van der Waals surface area contributed by atoms with E-state index >= 15 is 0 Å². The Hall–Kier alpha value is -2.48. The number of nitrogens with zero attached hydrogens (tertiary/aromatic N) is 5. The molecule has 0 bridgehead atoms. The van der Waals surface area contributed by atoms with Gasteiger partial charge >= 0.3 is 0 Å². The van der Waals surface area contributed by atoms with Crippen molar-refractivity contribution in [1.82, 2.24) is 25.1 Å². The molecule has 1 atom stereocenters. The maximum atomic E-state index is 12.0. The predicted octanol–water partition coefficient (Wildman–Crippen LogP) is 0.129. The fourth-order valence-corrected chi connectivity index (χ4v) is 2.82. The highest BCUT2D eigenvalue weighted by Crippen LogP contribution is 2.23. The van der Waals surface area contributed by atoms with Gasteiger partial charge in [0.15, 0.2) is 0 Å². The molecule has 0 radical (unpaired) electrons. The van der Waals surface area contributed by atoms with Gasteiger partial charge in [0.1, 0.15) is 5.60 Å². The van der Waals surface area contributed by atoms with Crippen molar-refractivity contribution < 1.29 is 9.90 Å². The molecule has 1 aliphatic heterocycles. The van der Waals surface area contributed by atoms with E-state index in [0.717, 1.165) is 5.69 Å². The fourth-order valence-electron chi connectivity index (χ4n) is 2.82. The molecule has 2 aromatic heterocycles. The number of β-amino-alcohol motifs (C(OH)–C–C–N with tert-alkyl or cyclic N) is 1. The van der Waals surface area contributed by atoms with Crippen LogP contribution < -0.4 is 10.2 Å². The molecule has 2 aromatic rings. The summed E-state index contributed by atoms with van der Waals surface area (Å²) in [5.74, 6) is 0.515. The molecule has 1 aliphatic rings. The summed E-state index contributed by atoms with van der Waals surface area (Å²) in [5, 5.41) is 17.6. The van der Waals surface area contributed by atoms with E-state index < -0.39 is 5.60 Å². The van der Waals surface area contributed by atoms with Crippen LogP contribution in [0.2, 0.25) is 0 Å². The van der Waals surface area contributed by atoms with Crippen molar-refractivity contribution in [2.24, 2.45) is 0 Å². The van der Waals surface area contributed by atoms with Crippen LogP contribution in [-0.2, 0) is 11.3 Å². The molecule has 0 spiro atoms. The number of carbonyl (C=O) groups excluding carboxylic acids is 1. The molecule has 1 fully saturated rings. The zero-order valence-corrected chi connectivity index (χ0v) is 13.7. The lowest BCUT2D eigenvalue weighted by Gasteiger charge is -2.23. The molecule has 0 aromatic carbocycles. The molecule has 8 nitrogen and oxygen atoms in total. The Bertz CT molecular complexity index is 689. The monoisotopic (exact) mass is 330 g/mol. The first-order valence-electron chi connectivity index (χ1n) is 8.05. The van der Waals surface area contributed by atoms with Crippen LogP contribution >= 0.6 is 0 Å². The topological polar surface area (TPSA) is 96.2 Å². The summed E-state index contributed by atoms with van der Waals surface area (Å²) in [4.78, 5) is 22.3. The Kier molecular flexibility index (Phi) is 4.75. The molecule has 24 heavy (non-hydrogen) atoms. The minimum Gasteiger partial charge on any atom is -0.386 e. The number of nitrogens with one attached hydrogen (secondary N) is 1. The lowest BCUT2D eigenvalue weighted by Crippen LogP contribution is -2.45. The van der Waals surface area contributed by atoms with Crippen molar-refractivity contribution in [3.63, 3.8) is 0 Å². The smallest absolute Gasteiger partial charge is 0.225 e. The Balaban J connectivity index is 1.46. The lowest BCUT2D eigenvalue weighted by atomic mass is 10.0. The van der Waals surface area contributed by atoms with Gasteiger partial charge in [0.25, 0.3) is 0 Å². The quantitative estimate of drug-likeness (QED) is 0.781. The Labute approximate surface area is 140 Å². The van der Waals surface area contributed by atoms with Crippen LogP contribution in [0.5, 0.6) is 0 Å². The second kappa shape index (κ2) is 6.96. The summed E-state index contributed by atoms with van der Waals surface area (Å²) < 4.78 is 1.79. The maximum absolute atomic E-state index is 12.0. The van der Waals surface area contributed by atoms with E-state index in [0.29, 0.717) is 38.4 Å². The zero-order valence-electron chi connectivity index (χ0n) is 13.7. The van der Waals surface area contributed by atoms with Gasteiger partial charge in [-0.05, 0) is 25.5 Å². The van der Waals surface area contributed by atoms with Gasteiger partial charge in [-0.3, -0.25) is 9.48 Å². The van der Waals surface area contributed by atoms with Crippen LogP contribution in [0, 0.1) is 6.92 Å². The van der Waals surface area contributed by atoms with E-state index in [2.05, 4.69) is 20.4 Å². The molecule has 2 N–H and O–H groups in total. The summed E-state index contributed by atoms with van der Waals surface area (Å²) in [5.41, 5.74) is 0.0759. The number of amides is 1. The summed E-state index contributed by atoms with van der Waals surface area (Å²) in [6.45, 7) is 3.80. The number of aliphatic hydroxyl groups is 1. The van der Waals surface area contributed by atoms with E-state index in [1.807, 2.05) is 17.9 Å². The van der Waals surface area contributed by atoms with Gasteiger partial charge < -0.3 is 15.3 Å². The van der Waals surface area contributed by atoms with E-state index in [1.165, 1.54) is 0 Å². The van der Waals surface area contributed by atoms with Gasteiger partial charge in [-0.15, -0.1) is 0 Å². The molecule has 1 saturated heterocycles. The third kappa shape index (κ3) is 3.88. The SMILES string of the molecule is Cc1ccnn1CCC(=O)NCC1(O)CCN(c2ncccn2)C1. The third-order valence-electron chi connectivity index (χ3n) is 4.26. The standard InChI is InChI=1S/C16H22N6O2/c1-13-3-8-20-22(13)9-4-14(23)19-11-16(24)5-10-21(12-16)15-17-6-2-7-18-15/h2-3,6-8,24H,4-5,9-12H2,1H3,(H,19,23). The van der Waals surface area contributed by atoms with Crippen LogP contribution in [0.25, 0.3) is 0 Å². The number of hydrogen-bond donors (Lipinski definition) is 2. The largest absolute Gasteiger partial charge is 0.386 e. The molecule has 0 saturated carbocycles. The first-order valence-corrected chi connectivity index (χ1v) is 8.05. The van der Waals surface area contributed by atoms with Gasteiger partial charge in [-0.25, -0.2) is 9.97 Å². The van der Waals surface area contributed by atoms with Crippen molar-refractivity contribution in [2.45, 2.75) is 31.9 Å². The summed E-state index contributed by atoms with van der Waals surface area (Å²) in [7, 11) is 0. The minimum absolute atomic E-state index is 0.0901. The Morgan fingerprint density at radius 2 is 2.17 bits per heavy atom. The highest BCUT2D eigenvalue weighted by Gasteiger charge is 2.37. The van der Waals surface area contributed by atoms with E-state index in [9.17, 15) is 9.90 Å². The lowest BCUT2D eigenvalue weighted by molar-refractivity contribution is -0.122. The van der Waals surface area contributed by atoms with Gasteiger partial charge in [0.05, 0.1) is 6.54 Å². The second-order valence-corrected chi connectivity index (χ2v) is 6.17. The minimum atomic E-state index is -0.948. The fraction of sp³-hybridized carbons (Fsp3) is 0.500. The molecule has 8 heteroatoms. The van der Waals surface area contributed by atoms with Gasteiger partial charge in [-0.2, -0.15) is 5.10 Å². The van der Waals surface area contributed by atoms with Crippen molar-refractivity contribution >= 4 is 11.9 Å². The van der Waals surface area contributed by atoms with Crippen molar-refractivity contribution in [3.8, 4) is 0 Å². The van der Waals surface area contributed by atoms with Gasteiger partial charge in [-0.1, -0.05) is 0 Å².